The summed E-state index contributed by atoms with van der Waals surface area (Å²) in [6, 6.07) is 1.54. The zero-order valence-electron chi connectivity index (χ0n) is 13.0. The normalized spacial score (nSPS) is 13.3. The van der Waals surface area contributed by atoms with Gasteiger partial charge in [-0.2, -0.15) is 8.78 Å². The fourth-order valence-corrected chi connectivity index (χ4v) is 2.90. The van der Waals surface area contributed by atoms with Gasteiger partial charge in [-0.1, -0.05) is 24.3 Å². The molecule has 1 aromatic carbocycles. The van der Waals surface area contributed by atoms with Crippen molar-refractivity contribution in [3.8, 4) is 5.75 Å². The van der Waals surface area contributed by atoms with Gasteiger partial charge in [-0.25, -0.2) is 8.93 Å². The molecule has 0 aliphatic heterocycles. The van der Waals surface area contributed by atoms with E-state index in [2.05, 4.69) is 16.0 Å². The second-order valence-corrected chi connectivity index (χ2v) is 8.14. The first-order chi connectivity index (χ1) is 10.1. The average molecular weight is 352 g/mol. The zero-order valence-corrected chi connectivity index (χ0v) is 14.6. The maximum absolute atomic E-state index is 12.6. The Bertz CT molecular complexity index is 586. The summed E-state index contributed by atoms with van der Waals surface area (Å²) in [6.07, 6.45) is 1.47. The standard InChI is InChI=1S/C15H20ClF2NO2S/c1-6-10-11(8-19-22(20)15(3,4)5)13(21-14(17)18)9(2)7-12(10)16/h6-7,14,19H,1,8H2,2-5H3. The average Bonchev–Trinajstić information content (AvgIpc) is 2.37. The van der Waals surface area contributed by atoms with Crippen LogP contribution in [0.15, 0.2) is 12.6 Å². The highest BCUT2D eigenvalue weighted by molar-refractivity contribution is 7.84. The summed E-state index contributed by atoms with van der Waals surface area (Å²) in [6.45, 7) is 7.83. The van der Waals surface area contributed by atoms with Gasteiger partial charge in [0.25, 0.3) is 0 Å². The van der Waals surface area contributed by atoms with Gasteiger partial charge in [0, 0.05) is 22.7 Å². The van der Waals surface area contributed by atoms with E-state index in [-0.39, 0.29) is 12.3 Å². The molecule has 0 heterocycles. The minimum atomic E-state index is -2.95. The minimum absolute atomic E-state index is 0.0349. The molecule has 1 aromatic rings. The highest BCUT2D eigenvalue weighted by Crippen LogP contribution is 2.34. The molecule has 1 N–H and O–H groups in total. The number of alkyl halides is 2. The molecule has 0 aromatic heterocycles. The number of halogens is 3. The summed E-state index contributed by atoms with van der Waals surface area (Å²) in [4.78, 5) is 0. The first-order valence-corrected chi connectivity index (χ1v) is 8.15. The lowest BCUT2D eigenvalue weighted by atomic mass is 10.0. The van der Waals surface area contributed by atoms with Crippen molar-refractivity contribution in [2.24, 2.45) is 0 Å². The van der Waals surface area contributed by atoms with Crippen molar-refractivity contribution in [3.63, 3.8) is 0 Å². The maximum Gasteiger partial charge on any atom is 0.387 e. The SMILES string of the molecule is C=Cc1c(Cl)cc(C)c(OC(F)F)c1CNS(=O)C(C)(C)C. The van der Waals surface area contributed by atoms with E-state index in [4.69, 9.17) is 11.6 Å². The van der Waals surface area contributed by atoms with Crippen molar-refractivity contribution in [1.29, 1.82) is 0 Å². The number of rotatable bonds is 6. The van der Waals surface area contributed by atoms with E-state index in [0.717, 1.165) is 0 Å². The van der Waals surface area contributed by atoms with Crippen LogP contribution in [0.3, 0.4) is 0 Å². The molecular formula is C15H20ClF2NO2S. The van der Waals surface area contributed by atoms with Crippen LogP contribution >= 0.6 is 11.6 Å². The van der Waals surface area contributed by atoms with E-state index in [0.29, 0.717) is 21.7 Å². The topological polar surface area (TPSA) is 38.3 Å². The molecule has 0 aliphatic rings. The highest BCUT2D eigenvalue weighted by Gasteiger charge is 2.22. The van der Waals surface area contributed by atoms with E-state index in [9.17, 15) is 13.0 Å². The van der Waals surface area contributed by atoms with Crippen LogP contribution in [-0.2, 0) is 17.5 Å². The Balaban J connectivity index is 3.24. The van der Waals surface area contributed by atoms with Gasteiger partial charge < -0.3 is 4.74 Å². The van der Waals surface area contributed by atoms with Gasteiger partial charge in [0.2, 0.25) is 0 Å². The van der Waals surface area contributed by atoms with Crippen molar-refractivity contribution < 1.29 is 17.7 Å². The molecular weight excluding hydrogens is 332 g/mol. The van der Waals surface area contributed by atoms with Crippen LogP contribution in [0.2, 0.25) is 5.02 Å². The van der Waals surface area contributed by atoms with Crippen molar-refractivity contribution >= 4 is 28.7 Å². The summed E-state index contributed by atoms with van der Waals surface area (Å²) >= 11 is 6.13. The molecule has 0 saturated heterocycles. The molecule has 0 spiro atoms. The predicted molar refractivity (Wildman–Crippen MR) is 87.6 cm³/mol. The quantitative estimate of drug-likeness (QED) is 0.822. The fraction of sp³-hybridized carbons (Fsp3) is 0.467. The molecule has 124 valence electrons. The minimum Gasteiger partial charge on any atom is -0.434 e. The number of benzene rings is 1. The number of hydrogen-bond acceptors (Lipinski definition) is 2. The summed E-state index contributed by atoms with van der Waals surface area (Å²) in [5.74, 6) is 0.0349. The summed E-state index contributed by atoms with van der Waals surface area (Å²) in [7, 11) is -1.35. The maximum atomic E-state index is 12.6. The molecule has 22 heavy (non-hydrogen) atoms. The van der Waals surface area contributed by atoms with Crippen LogP contribution in [0.5, 0.6) is 5.75 Å². The molecule has 3 nitrogen and oxygen atoms in total. The largest absolute Gasteiger partial charge is 0.434 e. The van der Waals surface area contributed by atoms with Crippen molar-refractivity contribution in [1.82, 2.24) is 4.72 Å². The van der Waals surface area contributed by atoms with Gasteiger partial charge in [0.05, 0.1) is 15.7 Å². The summed E-state index contributed by atoms with van der Waals surface area (Å²) < 4.78 is 44.3. The number of nitrogens with one attached hydrogen (secondary N) is 1. The van der Waals surface area contributed by atoms with Crippen LogP contribution in [0.4, 0.5) is 8.78 Å². The molecule has 7 heteroatoms. The monoisotopic (exact) mass is 351 g/mol. The Morgan fingerprint density at radius 1 is 1.50 bits per heavy atom. The zero-order chi connectivity index (χ0) is 17.1. The van der Waals surface area contributed by atoms with Gasteiger partial charge in [-0.15, -0.1) is 0 Å². The Labute approximate surface area is 137 Å². The number of ether oxygens (including phenoxy) is 1. The summed E-state index contributed by atoms with van der Waals surface area (Å²) in [5, 5.41) is 0.382. The molecule has 0 amide bonds. The Kier molecular flexibility index (Phi) is 6.52. The third-order valence-corrected chi connectivity index (χ3v) is 4.74. The van der Waals surface area contributed by atoms with Crippen LogP contribution in [0.25, 0.3) is 6.08 Å². The Morgan fingerprint density at radius 3 is 2.55 bits per heavy atom. The predicted octanol–water partition coefficient (Wildman–Crippen LogP) is 4.44. The Morgan fingerprint density at radius 2 is 2.09 bits per heavy atom. The van der Waals surface area contributed by atoms with Gasteiger partial charge in [-0.05, 0) is 39.3 Å². The van der Waals surface area contributed by atoms with E-state index in [1.54, 1.807) is 13.0 Å². The number of hydrogen-bond donors (Lipinski definition) is 1. The van der Waals surface area contributed by atoms with Crippen LogP contribution in [-0.4, -0.2) is 15.6 Å². The molecule has 1 rings (SSSR count). The molecule has 0 radical (unpaired) electrons. The van der Waals surface area contributed by atoms with Crippen molar-refractivity contribution in [3.05, 3.63) is 34.4 Å². The second-order valence-electron chi connectivity index (χ2n) is 5.68. The lowest BCUT2D eigenvalue weighted by molar-refractivity contribution is -0.0509. The van der Waals surface area contributed by atoms with Gasteiger partial charge >= 0.3 is 6.61 Å². The van der Waals surface area contributed by atoms with Crippen LogP contribution < -0.4 is 9.46 Å². The summed E-state index contributed by atoms with van der Waals surface area (Å²) in [5.41, 5.74) is 1.38. The number of aryl methyl sites for hydroxylation is 1. The third kappa shape index (κ3) is 4.76. The van der Waals surface area contributed by atoms with Gasteiger partial charge in [0.15, 0.2) is 0 Å². The van der Waals surface area contributed by atoms with Crippen molar-refractivity contribution in [2.45, 2.75) is 45.6 Å². The van der Waals surface area contributed by atoms with E-state index in [1.807, 2.05) is 20.8 Å². The fourth-order valence-electron chi connectivity index (χ4n) is 1.84. The highest BCUT2D eigenvalue weighted by atomic mass is 35.5. The molecule has 1 unspecified atom stereocenters. The van der Waals surface area contributed by atoms with E-state index >= 15 is 0 Å². The smallest absolute Gasteiger partial charge is 0.387 e. The Hall–Kier alpha value is -0.980. The van der Waals surface area contributed by atoms with Crippen LogP contribution in [0, 0.1) is 6.92 Å². The first kappa shape index (κ1) is 19.1. The first-order valence-electron chi connectivity index (χ1n) is 6.62. The molecule has 1 atom stereocenters. The molecule has 0 bridgehead atoms. The lowest BCUT2D eigenvalue weighted by Crippen LogP contribution is -2.33. The van der Waals surface area contributed by atoms with Gasteiger partial charge in [0.1, 0.15) is 5.75 Å². The van der Waals surface area contributed by atoms with E-state index in [1.165, 1.54) is 6.08 Å². The van der Waals surface area contributed by atoms with Crippen molar-refractivity contribution in [2.75, 3.05) is 0 Å². The second kappa shape index (κ2) is 7.53. The van der Waals surface area contributed by atoms with Crippen LogP contribution in [0.1, 0.15) is 37.5 Å². The molecule has 0 aliphatic carbocycles. The molecule has 0 fully saturated rings. The lowest BCUT2D eigenvalue weighted by Gasteiger charge is -2.21. The third-order valence-electron chi connectivity index (χ3n) is 2.91. The van der Waals surface area contributed by atoms with Gasteiger partial charge in [-0.3, -0.25) is 0 Å². The molecule has 0 saturated carbocycles. The van der Waals surface area contributed by atoms with E-state index < -0.39 is 22.3 Å².